The average molecular weight is 882 g/mol. The third-order valence-electron chi connectivity index (χ3n) is 10.9. The Morgan fingerprint density at radius 1 is 0.755 bits per heavy atom. The number of ether oxygens (including phenoxy) is 1. The van der Waals surface area contributed by atoms with Gasteiger partial charge in [0.1, 0.15) is 0 Å². The van der Waals surface area contributed by atoms with Gasteiger partial charge in [-0.3, -0.25) is 0 Å². The molecule has 0 fully saturated rings. The van der Waals surface area contributed by atoms with E-state index >= 15 is 0 Å². The first-order chi connectivity index (χ1) is 28.0. The van der Waals surface area contributed by atoms with Crippen LogP contribution in [0.15, 0.2) is 121 Å². The number of aryl methyl sites for hydroxylation is 2. The molecule has 2 atom stereocenters. The number of fused-ring (bicyclic) bond motifs is 5. The van der Waals surface area contributed by atoms with Crippen LogP contribution in [0.1, 0.15) is 83.0 Å². The molecule has 0 radical (unpaired) electrons. The molecule has 0 N–H and O–H groups in total. The number of para-hydroxylation sites is 3. The first-order valence-corrected chi connectivity index (χ1v) is 19.3. The Balaban J connectivity index is 1.14. The van der Waals surface area contributed by atoms with Gasteiger partial charge in [0.25, 0.3) is 0 Å². The zero-order chi connectivity index (χ0) is 41.6. The van der Waals surface area contributed by atoms with Gasteiger partial charge in [-0.1, -0.05) is 63.2 Å². The minimum Gasteiger partial charge on any atom is -0.238 e. The molecule has 2 unspecified atom stereocenters. The van der Waals surface area contributed by atoms with Gasteiger partial charge in [0, 0.05) is 15.9 Å². The van der Waals surface area contributed by atoms with Crippen LogP contribution in [0.2, 0.25) is 0 Å². The number of benzene rings is 5. The van der Waals surface area contributed by atoms with Crippen LogP contribution in [-0.4, -0.2) is 18.7 Å². The summed E-state index contributed by atoms with van der Waals surface area (Å²) in [4.78, 5) is 4.93. The summed E-state index contributed by atoms with van der Waals surface area (Å²) in [6, 6.07) is 37.7. The second-order valence-corrected chi connectivity index (χ2v) is 16.3. The number of aromatic nitrogens is 4. The smallest absolute Gasteiger partial charge is 0.0374 e. The number of nitrogens with zero attached hydrogens (tertiary/aromatic N) is 4. The van der Waals surface area contributed by atoms with Crippen LogP contribution in [0, 0.1) is 10.7 Å². The van der Waals surface area contributed by atoms with Gasteiger partial charge in [-0.25, -0.2) is 4.98 Å². The summed E-state index contributed by atoms with van der Waals surface area (Å²) in [7, 11) is 0. The molecule has 9 rings (SSSR count). The summed E-state index contributed by atoms with van der Waals surface area (Å²) in [6.45, 7) is 3.99. The Bertz CT molecular complexity index is 2990. The fourth-order valence-electron chi connectivity index (χ4n) is 8.12. The molecule has 0 saturated carbocycles. The molecule has 268 valence electrons. The molecule has 0 spiro atoms. The van der Waals surface area contributed by atoms with Gasteiger partial charge in [0.2, 0.25) is 0 Å². The largest absolute Gasteiger partial charge is 0.238 e. The van der Waals surface area contributed by atoms with E-state index in [0.29, 0.717) is 38.1 Å². The van der Waals surface area contributed by atoms with Crippen molar-refractivity contribution in [1.29, 1.82) is 0 Å². The Hall–Kier alpha value is -4.99. The molecule has 53 heavy (non-hydrogen) atoms. The maximum absolute atomic E-state index is 8.59. The van der Waals surface area contributed by atoms with E-state index in [4.69, 9.17) is 17.9 Å². The van der Waals surface area contributed by atoms with Gasteiger partial charge >= 0.3 is 206 Å². The number of pyridine rings is 1. The van der Waals surface area contributed by atoms with Crippen LogP contribution in [0.4, 0.5) is 0 Å². The van der Waals surface area contributed by atoms with E-state index in [2.05, 4.69) is 81.9 Å². The van der Waals surface area contributed by atoms with Crippen molar-refractivity contribution in [3.05, 3.63) is 148 Å². The summed E-state index contributed by atoms with van der Waals surface area (Å²) < 4.78 is 63.8. The maximum Gasteiger partial charge on any atom is 0.0374 e. The topological polar surface area (TPSA) is 36.9 Å². The fraction of sp³-hybridized carbons (Fsp3) is 0.234. The SMILES string of the molecule is [2H]C([2H])([2H])c1cc(-n2c3ccccc3c3ccc(Oc4ccc5c(c4)C(n4[c](=[Pt])n(C([2H])([2H])[2H])c6ccccc64)CCC5C)cc32)ncc1-c1ccc(C(C)(C)C)cc1. The zero-order valence-electron chi connectivity index (χ0n) is 36.1. The minimum atomic E-state index is -2.39. The molecule has 3 aromatic heterocycles. The molecule has 3 heterocycles. The van der Waals surface area contributed by atoms with Crippen molar-refractivity contribution < 1.29 is 32.3 Å². The molecular weight excluding hydrogens is 832 g/mol. The molecule has 6 heteroatoms. The first kappa shape index (κ1) is 27.6. The first-order valence-electron chi connectivity index (χ1n) is 21.1. The van der Waals surface area contributed by atoms with E-state index < -0.39 is 13.8 Å². The normalized spacial score (nSPS) is 18.2. The number of hydrogen-bond acceptors (Lipinski definition) is 2. The van der Waals surface area contributed by atoms with Gasteiger partial charge in [-0.2, -0.15) is 0 Å². The minimum absolute atomic E-state index is 0.0307. The van der Waals surface area contributed by atoms with Crippen LogP contribution >= 0.6 is 0 Å². The van der Waals surface area contributed by atoms with E-state index in [0.717, 1.165) is 51.3 Å². The van der Waals surface area contributed by atoms with Crippen molar-refractivity contribution in [2.24, 2.45) is 6.98 Å². The predicted octanol–water partition coefficient (Wildman–Crippen LogP) is 12.1. The molecule has 8 aromatic rings. The second kappa shape index (κ2) is 12.8. The van der Waals surface area contributed by atoms with Crippen LogP contribution in [0.25, 0.3) is 49.8 Å². The number of imidazole rings is 1. The van der Waals surface area contributed by atoms with Crippen molar-refractivity contribution in [3.63, 3.8) is 0 Å². The molecule has 0 aliphatic heterocycles. The molecule has 0 bridgehead atoms. The van der Waals surface area contributed by atoms with Gasteiger partial charge < -0.3 is 0 Å². The second-order valence-electron chi connectivity index (χ2n) is 15.3. The zero-order valence-corrected chi connectivity index (χ0v) is 32.4. The standard InChI is InChI=1S/C47H44N4O.Pt/c1-30-15-24-41(50-29-49(6)43-13-9-10-14-44(43)50)39-26-34(20-22-36(30)39)52-35-21-23-38-37-11-7-8-12-42(37)51(45(38)27-35)46-25-31(2)40(28-48-46)32-16-18-33(19-17-32)47(3,4)5;/h7-14,16-23,25-28,30,41H,15,24H2,1-6H3;/i2D3,6D3;. The van der Waals surface area contributed by atoms with Gasteiger partial charge in [0.15, 0.2) is 0 Å². The maximum atomic E-state index is 8.59. The van der Waals surface area contributed by atoms with Crippen molar-refractivity contribution in [1.82, 2.24) is 18.7 Å². The number of hydrogen-bond donors (Lipinski definition) is 0. The Morgan fingerprint density at radius 2 is 1.47 bits per heavy atom. The van der Waals surface area contributed by atoms with Crippen LogP contribution in [0.3, 0.4) is 0 Å². The molecule has 1 aliphatic carbocycles. The quantitative estimate of drug-likeness (QED) is 0.173. The van der Waals surface area contributed by atoms with E-state index in [1.165, 1.54) is 15.7 Å². The molecule has 5 aromatic carbocycles. The van der Waals surface area contributed by atoms with Crippen molar-refractivity contribution in [3.8, 4) is 28.4 Å². The predicted molar refractivity (Wildman–Crippen MR) is 214 cm³/mol. The molecular formula is C47H44N4OPt. The van der Waals surface area contributed by atoms with Crippen LogP contribution in [-0.2, 0) is 31.7 Å². The summed E-state index contributed by atoms with van der Waals surface area (Å²) in [6.07, 6.45) is 3.51. The number of rotatable bonds is 5. The van der Waals surface area contributed by atoms with Crippen LogP contribution < -0.4 is 4.74 Å². The fourth-order valence-corrected chi connectivity index (χ4v) is 9.02. The van der Waals surface area contributed by atoms with Crippen LogP contribution in [0.5, 0.6) is 11.5 Å². The Labute approximate surface area is 330 Å². The Morgan fingerprint density at radius 3 is 2.25 bits per heavy atom. The molecule has 5 nitrogen and oxygen atoms in total. The van der Waals surface area contributed by atoms with Gasteiger partial charge in [-0.05, 0) is 41.1 Å². The molecule has 0 saturated heterocycles. The summed E-state index contributed by atoms with van der Waals surface area (Å²) in [5.41, 5.74) is 8.39. The van der Waals surface area contributed by atoms with E-state index in [1.54, 1.807) is 12.3 Å². The molecule has 0 amide bonds. The van der Waals surface area contributed by atoms with E-state index in [1.807, 2.05) is 83.4 Å². The summed E-state index contributed by atoms with van der Waals surface area (Å²) >= 11 is 2.16. The van der Waals surface area contributed by atoms with E-state index in [-0.39, 0.29) is 17.0 Å². The Kier molecular flexibility index (Phi) is 6.69. The van der Waals surface area contributed by atoms with Gasteiger partial charge in [0.05, 0.1) is 0 Å². The van der Waals surface area contributed by atoms with Crippen molar-refractivity contribution in [2.75, 3.05) is 0 Å². The third kappa shape index (κ3) is 5.72. The third-order valence-corrected chi connectivity index (χ3v) is 12.0. The van der Waals surface area contributed by atoms with Crippen molar-refractivity contribution >= 4 is 32.8 Å². The van der Waals surface area contributed by atoms with Gasteiger partial charge in [-0.15, -0.1) is 0 Å². The monoisotopic (exact) mass is 881 g/mol. The average Bonchev–Trinajstić information content (AvgIpc) is 3.68. The summed E-state index contributed by atoms with van der Waals surface area (Å²) in [5.74, 6) is 2.13. The van der Waals surface area contributed by atoms with Crippen molar-refractivity contribution in [2.45, 2.75) is 64.8 Å². The van der Waals surface area contributed by atoms with E-state index in [9.17, 15) is 0 Å². The summed E-state index contributed by atoms with van der Waals surface area (Å²) in [5, 5.41) is 2.00. The molecule has 1 aliphatic rings.